The van der Waals surface area contributed by atoms with E-state index < -0.39 is 214 Å². The number of aliphatic hydroxyl groups excluding tert-OH is 3. The van der Waals surface area contributed by atoms with Crippen molar-refractivity contribution in [2.75, 3.05) is 45.9 Å². The van der Waals surface area contributed by atoms with Gasteiger partial charge in [0.1, 0.15) is 85.0 Å². The lowest BCUT2D eigenvalue weighted by Gasteiger charge is -2.47. The zero-order valence-corrected chi connectivity index (χ0v) is 46.0. The highest BCUT2D eigenvalue weighted by molar-refractivity contribution is 5.95. The Morgan fingerprint density at radius 3 is 1.72 bits per heavy atom. The van der Waals surface area contributed by atoms with Gasteiger partial charge in [0, 0.05) is 26.8 Å². The van der Waals surface area contributed by atoms with Crippen molar-refractivity contribution >= 4 is 76.9 Å². The summed E-state index contributed by atoms with van der Waals surface area (Å²) in [5.74, 6) is -10.7. The summed E-state index contributed by atoms with van der Waals surface area (Å²) >= 11 is 0. The number of carbonyl (C=O) groups excluding carboxylic acids is 12. The first kappa shape index (κ1) is 69.0. The molecule has 3 rings (SSSR count). The molecule has 0 spiro atoms. The van der Waals surface area contributed by atoms with Crippen molar-refractivity contribution in [3.05, 3.63) is 0 Å². The monoisotopic (exact) mass is 1180 g/mol. The summed E-state index contributed by atoms with van der Waals surface area (Å²) in [4.78, 5) is 162. The predicted molar refractivity (Wildman–Crippen MR) is 274 cm³/mol. The minimum Gasteiger partial charge on any atom is -0.480 e. The van der Waals surface area contributed by atoms with E-state index in [4.69, 9.17) is 35.2 Å². The van der Waals surface area contributed by atoms with Gasteiger partial charge < -0.3 is 114 Å². The Bertz CT molecular complexity index is 2300. The number of amides is 12. The molecular formula is C47H77N13O22. The van der Waals surface area contributed by atoms with Crippen LogP contribution in [0.1, 0.15) is 73.6 Å². The van der Waals surface area contributed by atoms with Crippen molar-refractivity contribution in [2.24, 2.45) is 11.5 Å². The van der Waals surface area contributed by atoms with E-state index in [1.807, 2.05) is 0 Å². The molecule has 3 heterocycles. The Hall–Kier alpha value is -7.25. The van der Waals surface area contributed by atoms with Crippen molar-refractivity contribution in [3.8, 4) is 0 Å². The van der Waals surface area contributed by atoms with E-state index in [1.165, 1.54) is 34.6 Å². The van der Waals surface area contributed by atoms with Crippen LogP contribution in [0, 0.1) is 0 Å². The Morgan fingerprint density at radius 2 is 1.16 bits per heavy atom. The summed E-state index contributed by atoms with van der Waals surface area (Å²) in [7, 11) is 0. The van der Waals surface area contributed by atoms with Gasteiger partial charge in [-0.05, 0) is 53.4 Å². The lowest BCUT2D eigenvalue weighted by atomic mass is 9.95. The number of fused-ring (bicyclic) bond motifs is 2. The number of carbonyl (C=O) groups is 13. The molecule has 35 heteroatoms. The SMILES string of the molecule is CC(=O)NC1C(OC2C3COC(O3)C(NC(C)=O)C2OC(C)C(=O)NC(C)C(=O)NC(CCC(=O)NC(CCCCNC(=O)CNC(=O)CNC(=O)CNC(=O)CN)C(=O)NC(C)C(=O)NC(C)C(=O)O)C(N)=O)OC(CO)C(O)C1O. The Labute approximate surface area is 469 Å². The van der Waals surface area contributed by atoms with Crippen LogP contribution >= 0.6 is 0 Å². The van der Waals surface area contributed by atoms with Crippen LogP contribution in [0.3, 0.4) is 0 Å². The van der Waals surface area contributed by atoms with Gasteiger partial charge in [0.25, 0.3) is 0 Å². The molecule has 0 aromatic heterocycles. The van der Waals surface area contributed by atoms with E-state index in [0.717, 1.165) is 6.92 Å². The standard InChI is InChI=1S/C47H77N13O22/c1-19(41(72)56-21(3)45(76)77)55-44(75)26(9-7-8-12-50-31(66)14-52-33(68)16-53-32(67)15-51-30(65)13-48)59-29(64)11-10-25(40(49)71)60-42(73)20(2)54-43(74)22(4)79-39-35(58-24(6)63)46-78-18-28(81-46)38(39)82-47-34(57-23(5)62)37(70)36(69)27(17-61)80-47/h19-22,25-28,34-39,46-47,61,69-70H,7-18,48H2,1-6H3,(H2,49,71)(H,50,66)(H,51,65)(H,52,68)(H,53,67)(H,54,74)(H,55,75)(H,56,72)(H,57,62)(H,58,63)(H,59,64)(H,60,73)(H,76,77). The van der Waals surface area contributed by atoms with E-state index in [2.05, 4.69) is 58.5 Å². The highest BCUT2D eigenvalue weighted by Gasteiger charge is 2.56. The number of unbranched alkanes of at least 4 members (excludes halogenated alkanes) is 1. The van der Waals surface area contributed by atoms with Gasteiger partial charge in [0.05, 0.1) is 39.4 Å². The summed E-state index contributed by atoms with van der Waals surface area (Å²) in [6.45, 7) is 4.72. The van der Waals surface area contributed by atoms with Crippen LogP contribution in [0.4, 0.5) is 0 Å². The van der Waals surface area contributed by atoms with Crippen LogP contribution < -0.4 is 70.0 Å². The van der Waals surface area contributed by atoms with Crippen molar-refractivity contribution in [3.63, 3.8) is 0 Å². The topological polar surface area (TPSA) is 533 Å². The summed E-state index contributed by atoms with van der Waals surface area (Å²) < 4.78 is 29.8. The smallest absolute Gasteiger partial charge is 0.325 e. The normalized spacial score (nSPS) is 24.9. The lowest BCUT2D eigenvalue weighted by Crippen LogP contribution is -2.68. The van der Waals surface area contributed by atoms with Gasteiger partial charge in [-0.25, -0.2) is 0 Å². The molecule has 12 amide bonds. The van der Waals surface area contributed by atoms with Gasteiger partial charge in [0.2, 0.25) is 70.9 Å². The van der Waals surface area contributed by atoms with Gasteiger partial charge in [-0.2, -0.15) is 0 Å². The molecule has 35 nitrogen and oxygen atoms in total. The lowest BCUT2D eigenvalue weighted by molar-refractivity contribution is -0.313. The number of hydrogen-bond donors (Lipinski definition) is 17. The fourth-order valence-electron chi connectivity index (χ4n) is 8.19. The van der Waals surface area contributed by atoms with Gasteiger partial charge in [-0.3, -0.25) is 62.3 Å². The number of hydrogen-bond acceptors (Lipinski definition) is 22. The molecular weight excluding hydrogens is 1100 g/mol. The maximum absolute atomic E-state index is 13.7. The number of carboxylic acid groups (broad SMARTS) is 1. The molecule has 3 aliphatic heterocycles. The highest BCUT2D eigenvalue weighted by atomic mass is 16.8. The Kier molecular flexibility index (Phi) is 28.3. The molecule has 3 saturated heterocycles. The summed E-state index contributed by atoms with van der Waals surface area (Å²) in [5, 5.41) is 66.7. The largest absolute Gasteiger partial charge is 0.480 e. The van der Waals surface area contributed by atoms with Crippen LogP contribution in [-0.4, -0.2) is 241 Å². The molecule has 3 aliphatic rings. The number of rotatable bonds is 33. The molecule has 0 radical (unpaired) electrons. The first-order valence-corrected chi connectivity index (χ1v) is 26.1. The number of nitrogens with one attached hydrogen (secondary N) is 11. The Morgan fingerprint density at radius 1 is 0.610 bits per heavy atom. The Balaban J connectivity index is 1.63. The molecule has 16 atom stereocenters. The fraction of sp³-hybridized carbons (Fsp3) is 0.723. The minimum absolute atomic E-state index is 0.0250. The van der Waals surface area contributed by atoms with E-state index >= 15 is 0 Å². The fourth-order valence-corrected chi connectivity index (χ4v) is 8.19. The molecule has 2 bridgehead atoms. The summed E-state index contributed by atoms with van der Waals surface area (Å²) in [5.41, 5.74) is 10.7. The van der Waals surface area contributed by atoms with Crippen molar-refractivity contribution in [2.45, 2.75) is 171 Å². The number of ether oxygens (including phenoxy) is 5. The van der Waals surface area contributed by atoms with Crippen molar-refractivity contribution < 1.29 is 106 Å². The molecule has 0 saturated carbocycles. The molecule has 0 aromatic carbocycles. The number of aliphatic carboxylic acids is 1. The van der Waals surface area contributed by atoms with Gasteiger partial charge in [-0.1, -0.05) is 0 Å². The van der Waals surface area contributed by atoms with E-state index in [0.29, 0.717) is 0 Å². The average Bonchev–Trinajstić information content (AvgIpc) is 3.94. The minimum atomic E-state index is -1.70. The molecule has 0 aliphatic carbocycles. The first-order chi connectivity index (χ1) is 38.6. The van der Waals surface area contributed by atoms with E-state index in [9.17, 15) is 82.8 Å². The second-order valence-corrected chi connectivity index (χ2v) is 19.4. The summed E-state index contributed by atoms with van der Waals surface area (Å²) in [6, 6.07) is -9.46. The third-order valence-corrected chi connectivity index (χ3v) is 12.7. The maximum Gasteiger partial charge on any atom is 0.325 e. The molecule has 82 heavy (non-hydrogen) atoms. The number of carboxylic acids is 1. The van der Waals surface area contributed by atoms with Crippen molar-refractivity contribution in [1.82, 2.24) is 58.5 Å². The van der Waals surface area contributed by atoms with Gasteiger partial charge in [0.15, 0.2) is 12.6 Å². The third kappa shape index (κ3) is 22.2. The molecule has 462 valence electrons. The van der Waals surface area contributed by atoms with Gasteiger partial charge in [-0.15, -0.1) is 0 Å². The van der Waals surface area contributed by atoms with Crippen LogP contribution in [0.25, 0.3) is 0 Å². The van der Waals surface area contributed by atoms with Crippen LogP contribution in [-0.2, 0) is 86.0 Å². The average molecular weight is 1180 g/mol. The molecule has 16 unspecified atom stereocenters. The van der Waals surface area contributed by atoms with Gasteiger partial charge >= 0.3 is 5.97 Å². The first-order valence-electron chi connectivity index (χ1n) is 26.1. The predicted octanol–water partition coefficient (Wildman–Crippen LogP) is -10.2. The second-order valence-electron chi connectivity index (χ2n) is 19.4. The number of nitrogens with two attached hydrogens (primary N) is 2. The molecule has 0 aromatic rings. The maximum atomic E-state index is 13.7. The highest BCUT2D eigenvalue weighted by Crippen LogP contribution is 2.35. The molecule has 3 fully saturated rings. The zero-order valence-electron chi connectivity index (χ0n) is 46.0. The molecule has 19 N–H and O–H groups in total. The van der Waals surface area contributed by atoms with Crippen LogP contribution in [0.5, 0.6) is 0 Å². The number of primary amides is 1. The van der Waals surface area contributed by atoms with Crippen LogP contribution in [0.15, 0.2) is 0 Å². The van der Waals surface area contributed by atoms with Crippen LogP contribution in [0.2, 0.25) is 0 Å². The summed E-state index contributed by atoms with van der Waals surface area (Å²) in [6.07, 6.45) is -13.1. The van der Waals surface area contributed by atoms with Crippen molar-refractivity contribution in [1.29, 1.82) is 0 Å². The quantitative estimate of drug-likeness (QED) is 0.0271. The second kappa shape index (κ2) is 33.6. The van der Waals surface area contributed by atoms with E-state index in [-0.39, 0.29) is 39.0 Å². The number of aliphatic hydroxyl groups is 3. The third-order valence-electron chi connectivity index (χ3n) is 12.7. The zero-order chi connectivity index (χ0) is 61.5. The van der Waals surface area contributed by atoms with E-state index in [1.54, 1.807) is 0 Å².